The Morgan fingerprint density at radius 2 is 0.893 bits per heavy atom. The summed E-state index contributed by atoms with van der Waals surface area (Å²) in [6.45, 7) is 11.7. The first kappa shape index (κ1) is 28.5. The maximum atomic E-state index is 6.77. The van der Waals surface area contributed by atoms with Gasteiger partial charge in [-0.1, -0.05) is 71.1 Å². The second kappa shape index (κ2) is 15.3. The minimum absolute atomic E-state index is 0.846. The topological polar surface area (TPSA) is 36.9 Å². The first-order valence-electron chi connectivity index (χ1n) is 11.5. The van der Waals surface area contributed by atoms with Crippen LogP contribution in [0.3, 0.4) is 0 Å². The van der Waals surface area contributed by atoms with E-state index < -0.39 is 25.4 Å². The molecule has 0 bridgehead atoms. The Bertz CT molecular complexity index is 366. The zero-order valence-electron chi connectivity index (χ0n) is 20.3. The first-order valence-corrected chi connectivity index (χ1v) is 19.7. The lowest BCUT2D eigenvalue weighted by atomic mass is 10.1. The summed E-state index contributed by atoms with van der Waals surface area (Å²) in [4.78, 5) is 0. The van der Waals surface area contributed by atoms with Crippen molar-refractivity contribution < 1.29 is 17.4 Å². The summed E-state index contributed by atoms with van der Waals surface area (Å²) in [5, 5.41) is 0. The molecule has 0 aliphatic rings. The zero-order chi connectivity index (χ0) is 21.5. The molecular weight excluding hydrogens is 400 g/mol. The van der Waals surface area contributed by atoms with Crippen LogP contribution in [0.25, 0.3) is 0 Å². The predicted octanol–water partition coefficient (Wildman–Crippen LogP) is 7.21. The van der Waals surface area contributed by atoms with Gasteiger partial charge in [-0.2, -0.15) is 0 Å². The molecule has 0 unspecified atom stereocenters. The Kier molecular flexibility index (Phi) is 15.6. The van der Waals surface area contributed by atoms with Crippen LogP contribution in [0, 0.1) is 0 Å². The van der Waals surface area contributed by atoms with Gasteiger partial charge in [0.15, 0.2) is 16.6 Å². The molecule has 0 atom stereocenters. The summed E-state index contributed by atoms with van der Waals surface area (Å²) in [6, 6.07) is 3.16. The molecule has 0 aromatic carbocycles. The third-order valence-electron chi connectivity index (χ3n) is 5.65. The van der Waals surface area contributed by atoms with Gasteiger partial charge in [0.25, 0.3) is 0 Å². The molecule has 4 nitrogen and oxygen atoms in total. The minimum Gasteiger partial charge on any atom is -0.456 e. The molecule has 0 spiro atoms. The van der Waals surface area contributed by atoms with Crippen LogP contribution < -0.4 is 0 Å². The van der Waals surface area contributed by atoms with Gasteiger partial charge in [-0.15, -0.1) is 0 Å². The van der Waals surface area contributed by atoms with Crippen molar-refractivity contribution >= 4 is 25.4 Å². The smallest absolute Gasteiger partial charge is 0.456 e. The van der Waals surface area contributed by atoms with Crippen molar-refractivity contribution in [2.24, 2.45) is 0 Å². The van der Waals surface area contributed by atoms with Crippen molar-refractivity contribution in [2.75, 3.05) is 21.3 Å². The van der Waals surface area contributed by atoms with Crippen molar-refractivity contribution in [1.29, 1.82) is 0 Å². The van der Waals surface area contributed by atoms with Crippen molar-refractivity contribution in [3.05, 3.63) is 0 Å². The molecule has 0 fully saturated rings. The quantitative estimate of drug-likeness (QED) is 0.154. The summed E-state index contributed by atoms with van der Waals surface area (Å²) in [7, 11) is -0.748. The summed E-state index contributed by atoms with van der Waals surface area (Å²) in [5.41, 5.74) is 0. The maximum absolute atomic E-state index is 6.77. The van der Waals surface area contributed by atoms with Crippen molar-refractivity contribution in [2.45, 2.75) is 115 Å². The molecule has 0 amide bonds. The van der Waals surface area contributed by atoms with E-state index in [4.69, 9.17) is 17.4 Å². The molecule has 0 aromatic rings. The van der Waals surface area contributed by atoms with Gasteiger partial charge in [0.2, 0.25) is 0 Å². The highest BCUT2D eigenvalue weighted by atomic mass is 28.4. The summed E-state index contributed by atoms with van der Waals surface area (Å²) >= 11 is 0. The van der Waals surface area contributed by atoms with Crippen LogP contribution in [0.1, 0.15) is 71.1 Å². The highest BCUT2D eigenvalue weighted by Gasteiger charge is 2.41. The second-order valence-corrected chi connectivity index (χ2v) is 21.3. The van der Waals surface area contributed by atoms with Crippen LogP contribution in [0.4, 0.5) is 0 Å². The van der Waals surface area contributed by atoms with E-state index in [2.05, 4.69) is 33.1 Å². The maximum Gasteiger partial charge on any atom is 0.499 e. The van der Waals surface area contributed by atoms with E-state index in [1.807, 2.05) is 0 Å². The molecule has 28 heavy (non-hydrogen) atoms. The Hall–Kier alpha value is 0.491. The molecule has 0 radical (unpaired) electrons. The van der Waals surface area contributed by atoms with Crippen LogP contribution in [0.2, 0.25) is 44.3 Å². The Morgan fingerprint density at radius 3 is 1.32 bits per heavy atom. The van der Waals surface area contributed by atoms with Crippen LogP contribution >= 0.6 is 0 Å². The van der Waals surface area contributed by atoms with E-state index in [9.17, 15) is 0 Å². The fraction of sp³-hybridized carbons (Fsp3) is 1.00. The van der Waals surface area contributed by atoms with E-state index in [0.717, 1.165) is 12.1 Å². The van der Waals surface area contributed by atoms with Gasteiger partial charge < -0.3 is 17.4 Å². The molecule has 0 N–H and O–H groups in total. The van der Waals surface area contributed by atoms with Crippen LogP contribution in [0.5, 0.6) is 0 Å². The van der Waals surface area contributed by atoms with Gasteiger partial charge in [0.05, 0.1) is 0 Å². The Morgan fingerprint density at radius 1 is 0.500 bits per heavy atom. The highest BCUT2D eigenvalue weighted by molar-refractivity contribution is 6.85. The molecule has 0 saturated heterocycles. The lowest BCUT2D eigenvalue weighted by molar-refractivity contribution is 0.125. The Balaban J connectivity index is 4.04. The zero-order valence-corrected chi connectivity index (χ0v) is 23.3. The largest absolute Gasteiger partial charge is 0.499 e. The second-order valence-electron chi connectivity index (χ2n) is 9.35. The number of hydrogen-bond donors (Lipinski definition) is 0. The van der Waals surface area contributed by atoms with E-state index in [0.29, 0.717) is 0 Å². The van der Waals surface area contributed by atoms with Gasteiger partial charge in [0.1, 0.15) is 0 Å². The predicted molar refractivity (Wildman–Crippen MR) is 129 cm³/mol. The first-order chi connectivity index (χ1) is 13.2. The Labute approximate surface area is 179 Å². The highest BCUT2D eigenvalue weighted by Crippen LogP contribution is 2.28. The summed E-state index contributed by atoms with van der Waals surface area (Å²) in [5.74, 6) is 0. The average Bonchev–Trinajstić information content (AvgIpc) is 2.64. The van der Waals surface area contributed by atoms with Gasteiger partial charge in [-0.25, -0.2) is 0 Å². The molecule has 0 aromatic heterocycles. The normalized spacial score (nSPS) is 13.3. The van der Waals surface area contributed by atoms with E-state index >= 15 is 0 Å². The van der Waals surface area contributed by atoms with E-state index in [1.165, 1.54) is 70.3 Å². The minimum atomic E-state index is -2.49. The number of hydrogen-bond acceptors (Lipinski definition) is 4. The third-order valence-corrected chi connectivity index (χ3v) is 16.3. The van der Waals surface area contributed by atoms with Gasteiger partial charge in [-0.05, 0) is 38.3 Å². The van der Waals surface area contributed by atoms with Gasteiger partial charge in [0, 0.05) is 27.4 Å². The summed E-state index contributed by atoms with van der Waals surface area (Å²) in [6.07, 6.45) is 14.0. The van der Waals surface area contributed by atoms with Crippen LogP contribution in [-0.2, 0) is 17.4 Å². The van der Waals surface area contributed by atoms with E-state index in [-0.39, 0.29) is 0 Å². The van der Waals surface area contributed by atoms with Crippen LogP contribution in [-0.4, -0.2) is 46.8 Å². The van der Waals surface area contributed by atoms with Crippen molar-refractivity contribution in [1.82, 2.24) is 0 Å². The van der Waals surface area contributed by atoms with Crippen molar-refractivity contribution in [3.8, 4) is 0 Å². The number of unbranched alkanes of at least 4 members (excludes halogenated alkanes) is 9. The molecule has 0 aliphatic carbocycles. The molecule has 170 valence electrons. The van der Waals surface area contributed by atoms with Gasteiger partial charge in [-0.3, -0.25) is 0 Å². The third kappa shape index (κ3) is 13.7. The number of rotatable bonds is 19. The van der Waals surface area contributed by atoms with Crippen molar-refractivity contribution in [3.63, 3.8) is 0 Å². The molecule has 7 heteroatoms. The van der Waals surface area contributed by atoms with Gasteiger partial charge >= 0.3 is 8.80 Å². The molecule has 0 saturated carbocycles. The molecule has 0 rings (SSSR count). The lowest BCUT2D eigenvalue weighted by Crippen LogP contribution is -2.48. The lowest BCUT2D eigenvalue weighted by Gasteiger charge is -2.35. The molecular formula is C21H50O4Si3. The fourth-order valence-corrected chi connectivity index (χ4v) is 16.5. The molecule has 0 aliphatic heterocycles. The van der Waals surface area contributed by atoms with E-state index in [1.54, 1.807) is 21.3 Å². The standard InChI is InChI=1S/C21H50O4Si3/c1-9-10-11-12-13-14-15-16-17-18-19-26(5,6)25-27(7,8)20-21-28(22-2,23-3)24-4/h9-21H2,1-8H3. The fourth-order valence-electron chi connectivity index (χ4n) is 3.90. The SMILES string of the molecule is CCCCCCCCCCCC[Si](C)(C)O[Si](C)(C)CC[Si](OC)(OC)OC. The monoisotopic (exact) mass is 450 g/mol. The summed E-state index contributed by atoms with van der Waals surface area (Å²) < 4.78 is 23.5. The average molecular weight is 451 g/mol. The van der Waals surface area contributed by atoms with Crippen LogP contribution in [0.15, 0.2) is 0 Å². The molecule has 0 heterocycles.